The summed E-state index contributed by atoms with van der Waals surface area (Å²) in [5.74, 6) is -0.681. The molecule has 2 aliphatic heterocycles. The highest BCUT2D eigenvalue weighted by Gasteiger charge is 2.48. The number of rotatable bonds is 11. The number of Topliss-reactive ketones (excluding diaryl/α,β-unsaturated/α-hetero) is 1. The predicted octanol–water partition coefficient (Wildman–Crippen LogP) is 3.66. The molecule has 208 valence electrons. The van der Waals surface area contributed by atoms with Gasteiger partial charge in [0.2, 0.25) is 11.8 Å². The van der Waals surface area contributed by atoms with E-state index in [0.29, 0.717) is 12.1 Å². The zero-order chi connectivity index (χ0) is 28.1. The van der Waals surface area contributed by atoms with E-state index in [9.17, 15) is 19.2 Å². The van der Waals surface area contributed by atoms with Crippen LogP contribution in [0.4, 0.5) is 4.79 Å². The molecule has 0 aromatic rings. The largest absolute Gasteiger partial charge is 0.445 e. The summed E-state index contributed by atoms with van der Waals surface area (Å²) < 4.78 is 11.4. The topological polar surface area (TPSA) is 105 Å². The first-order valence-corrected chi connectivity index (χ1v) is 16.0. The van der Waals surface area contributed by atoms with Crippen LogP contribution in [0, 0.1) is 5.92 Å². The van der Waals surface area contributed by atoms with E-state index >= 15 is 0 Å². The zero-order valence-corrected chi connectivity index (χ0v) is 24.8. The average Bonchev–Trinajstić information content (AvgIpc) is 3.23. The molecule has 2 heterocycles. The third-order valence-corrected chi connectivity index (χ3v) is 12.3. The van der Waals surface area contributed by atoms with Crippen molar-refractivity contribution >= 4 is 32.0 Å². The summed E-state index contributed by atoms with van der Waals surface area (Å²) in [6.45, 7) is 18.5. The van der Waals surface area contributed by atoms with E-state index in [1.165, 1.54) is 18.0 Å². The molecule has 2 fully saturated rings. The highest BCUT2D eigenvalue weighted by molar-refractivity contribution is 6.74. The molecule has 0 radical (unpaired) electrons. The lowest BCUT2D eigenvalue weighted by atomic mass is 9.82. The molecule has 0 aromatic carbocycles. The lowest BCUT2D eigenvalue weighted by Crippen LogP contribution is -2.64. The molecule has 2 rings (SSSR count). The minimum absolute atomic E-state index is 0.0252. The molecule has 2 aliphatic rings. The van der Waals surface area contributed by atoms with Gasteiger partial charge in [0, 0.05) is 20.0 Å². The second kappa shape index (κ2) is 12.4. The van der Waals surface area contributed by atoms with Crippen LogP contribution in [0.2, 0.25) is 18.1 Å². The van der Waals surface area contributed by atoms with Crippen molar-refractivity contribution in [2.24, 2.45) is 5.92 Å². The maximum Gasteiger partial charge on any atom is 0.410 e. The van der Waals surface area contributed by atoms with E-state index in [1.54, 1.807) is 11.8 Å². The fraction of sp³-hybridized carbons (Fsp3) is 0.704. The standard InChI is InChI=1S/C27H45N3O6Si/c1-10-14-35-26(34)29(7)17-23(32)30-13-11-12-20(30)15-18(2)22(31)16-21-24(25(33)28-21)19(3)36-37(8,9)27(4,5)6/h10,15,19-21,24H,1,11-14,16-17H2,2-9H3,(H,28,33). The molecule has 37 heavy (non-hydrogen) atoms. The van der Waals surface area contributed by atoms with Gasteiger partial charge in [0.25, 0.3) is 0 Å². The van der Waals surface area contributed by atoms with Crippen molar-refractivity contribution in [3.05, 3.63) is 24.3 Å². The summed E-state index contributed by atoms with van der Waals surface area (Å²) in [5, 5.41) is 2.91. The number of nitrogens with one attached hydrogen (secondary N) is 1. The van der Waals surface area contributed by atoms with Crippen LogP contribution in [0.15, 0.2) is 24.3 Å². The van der Waals surface area contributed by atoms with Crippen LogP contribution < -0.4 is 5.32 Å². The number of nitrogens with zero attached hydrogens (tertiary/aromatic N) is 2. The Balaban J connectivity index is 1.98. The molecule has 9 nitrogen and oxygen atoms in total. The lowest BCUT2D eigenvalue weighted by molar-refractivity contribution is -0.141. The second-order valence-electron chi connectivity index (χ2n) is 11.7. The molecule has 2 saturated heterocycles. The van der Waals surface area contributed by atoms with Crippen LogP contribution in [-0.4, -0.2) is 86.7 Å². The van der Waals surface area contributed by atoms with Crippen molar-refractivity contribution in [2.45, 2.75) is 90.2 Å². The molecule has 0 saturated carbocycles. The fourth-order valence-corrected chi connectivity index (χ4v) is 5.93. The van der Waals surface area contributed by atoms with E-state index in [4.69, 9.17) is 9.16 Å². The van der Waals surface area contributed by atoms with Crippen LogP contribution in [0.25, 0.3) is 0 Å². The van der Waals surface area contributed by atoms with Gasteiger partial charge in [0.15, 0.2) is 14.1 Å². The van der Waals surface area contributed by atoms with Crippen LogP contribution in [-0.2, 0) is 23.5 Å². The maximum absolute atomic E-state index is 13.1. The number of carbonyl (C=O) groups excluding carboxylic acids is 4. The van der Waals surface area contributed by atoms with Crippen molar-refractivity contribution in [1.29, 1.82) is 0 Å². The Labute approximate surface area is 222 Å². The zero-order valence-electron chi connectivity index (χ0n) is 23.8. The second-order valence-corrected chi connectivity index (χ2v) is 16.5. The van der Waals surface area contributed by atoms with Gasteiger partial charge in [0.1, 0.15) is 13.2 Å². The fourth-order valence-electron chi connectivity index (χ4n) is 4.50. The Hall–Kier alpha value is -2.46. The molecular formula is C27H45N3O6Si. The summed E-state index contributed by atoms with van der Waals surface area (Å²) in [6, 6.07) is -0.471. The Morgan fingerprint density at radius 2 is 1.95 bits per heavy atom. The number of ether oxygens (including phenoxy) is 1. The molecule has 3 amide bonds. The summed E-state index contributed by atoms with van der Waals surface area (Å²) in [5.41, 5.74) is 0.571. The number of hydrogen-bond donors (Lipinski definition) is 1. The number of β-lactam (4-membered cyclic amide) rings is 1. The van der Waals surface area contributed by atoms with E-state index < -0.39 is 14.4 Å². The summed E-state index contributed by atoms with van der Waals surface area (Å²) in [6.07, 6.45) is 4.22. The van der Waals surface area contributed by atoms with Crippen LogP contribution in [0.5, 0.6) is 0 Å². The third-order valence-electron chi connectivity index (χ3n) is 7.77. The van der Waals surface area contributed by atoms with Gasteiger partial charge in [0.05, 0.1) is 24.1 Å². The van der Waals surface area contributed by atoms with E-state index in [-0.39, 0.29) is 66.3 Å². The van der Waals surface area contributed by atoms with Crippen molar-refractivity contribution in [2.75, 3.05) is 26.7 Å². The van der Waals surface area contributed by atoms with Crippen molar-refractivity contribution in [3.8, 4) is 0 Å². The van der Waals surface area contributed by atoms with Crippen LogP contribution in [0.3, 0.4) is 0 Å². The first kappa shape index (κ1) is 30.8. The van der Waals surface area contributed by atoms with Crippen molar-refractivity contribution in [1.82, 2.24) is 15.1 Å². The van der Waals surface area contributed by atoms with Gasteiger partial charge in [-0.15, -0.1) is 0 Å². The number of likely N-dealkylation sites (tertiary alicyclic amines) is 1. The average molecular weight is 536 g/mol. The SMILES string of the molecule is C=CCOC(=O)N(C)CC(=O)N1CCCC1C=C(C)C(=O)CC1NC(=O)C1C(C)O[Si](C)(C)C(C)(C)C. The molecule has 0 bridgehead atoms. The smallest absolute Gasteiger partial charge is 0.410 e. The van der Waals surface area contributed by atoms with Gasteiger partial charge >= 0.3 is 6.09 Å². The highest BCUT2D eigenvalue weighted by atomic mass is 28.4. The van der Waals surface area contributed by atoms with Crippen LogP contribution in [0.1, 0.15) is 53.9 Å². The molecule has 0 aromatic heterocycles. The molecule has 0 spiro atoms. The summed E-state index contributed by atoms with van der Waals surface area (Å²) in [7, 11) is -0.542. The van der Waals surface area contributed by atoms with E-state index in [1.807, 2.05) is 13.0 Å². The van der Waals surface area contributed by atoms with Gasteiger partial charge < -0.3 is 24.3 Å². The molecule has 10 heteroatoms. The normalized spacial score (nSPS) is 23.1. The van der Waals surface area contributed by atoms with E-state index in [0.717, 1.165) is 12.8 Å². The molecule has 4 unspecified atom stereocenters. The number of ketones is 1. The number of amides is 3. The number of allylic oxidation sites excluding steroid dienone is 1. The molecule has 0 aliphatic carbocycles. The van der Waals surface area contributed by atoms with Gasteiger partial charge in [-0.25, -0.2) is 4.79 Å². The lowest BCUT2D eigenvalue weighted by Gasteiger charge is -2.45. The number of likely N-dealkylation sites (N-methyl/N-ethyl adjacent to an activating group) is 1. The molecule has 4 atom stereocenters. The molecule has 1 N–H and O–H groups in total. The predicted molar refractivity (Wildman–Crippen MR) is 145 cm³/mol. The number of hydrogen-bond acceptors (Lipinski definition) is 6. The third kappa shape index (κ3) is 7.77. The van der Waals surface area contributed by atoms with Gasteiger partial charge in [-0.2, -0.15) is 0 Å². The Kier molecular flexibility index (Phi) is 10.3. The van der Waals surface area contributed by atoms with E-state index in [2.05, 4.69) is 45.8 Å². The maximum atomic E-state index is 13.1. The van der Waals surface area contributed by atoms with Crippen LogP contribution >= 0.6 is 0 Å². The summed E-state index contributed by atoms with van der Waals surface area (Å²) >= 11 is 0. The van der Waals surface area contributed by atoms with Gasteiger partial charge in [-0.3, -0.25) is 14.4 Å². The first-order chi connectivity index (χ1) is 17.1. The Morgan fingerprint density at radius 1 is 1.30 bits per heavy atom. The minimum Gasteiger partial charge on any atom is -0.445 e. The van der Waals surface area contributed by atoms with Gasteiger partial charge in [-0.1, -0.05) is 39.5 Å². The van der Waals surface area contributed by atoms with Gasteiger partial charge in [-0.05, 0) is 50.4 Å². The first-order valence-electron chi connectivity index (χ1n) is 13.1. The monoisotopic (exact) mass is 535 g/mol. The van der Waals surface area contributed by atoms with Crippen molar-refractivity contribution in [3.63, 3.8) is 0 Å². The Morgan fingerprint density at radius 3 is 2.51 bits per heavy atom. The number of carbonyl (C=O) groups is 4. The highest BCUT2D eigenvalue weighted by Crippen LogP contribution is 2.39. The Bertz CT molecular complexity index is 926. The van der Waals surface area contributed by atoms with Crippen molar-refractivity contribution < 1.29 is 28.3 Å². The molecular weight excluding hydrogens is 490 g/mol. The quantitative estimate of drug-likeness (QED) is 0.187. The summed E-state index contributed by atoms with van der Waals surface area (Å²) in [4.78, 5) is 53.2. The minimum atomic E-state index is -2.05.